The van der Waals surface area contributed by atoms with E-state index in [4.69, 9.17) is 32.8 Å². The van der Waals surface area contributed by atoms with E-state index in [-0.39, 0.29) is 0 Å². The van der Waals surface area contributed by atoms with Gasteiger partial charge in [0.2, 0.25) is 0 Å². The molecule has 1 aliphatic heterocycles. The highest BCUT2D eigenvalue weighted by atomic mass is 35.5. The van der Waals surface area contributed by atoms with Gasteiger partial charge >= 0.3 is 0 Å². The average Bonchev–Trinajstić information content (AvgIpc) is 2.75. The van der Waals surface area contributed by atoms with E-state index in [1.54, 1.807) is 6.92 Å². The van der Waals surface area contributed by atoms with Crippen LogP contribution in [0.5, 0.6) is 0 Å². The summed E-state index contributed by atoms with van der Waals surface area (Å²) in [5.74, 6) is 1.12. The Balaban J connectivity index is 1.82. The predicted octanol–water partition coefficient (Wildman–Crippen LogP) is 1.98. The van der Waals surface area contributed by atoms with Crippen LogP contribution in [0, 0.1) is 0 Å². The molecular weight excluding hydrogens is 431 g/mol. The summed E-state index contributed by atoms with van der Waals surface area (Å²) >= 11 is 11.7. The predicted molar refractivity (Wildman–Crippen MR) is 119 cm³/mol. The van der Waals surface area contributed by atoms with Crippen molar-refractivity contribution in [3.8, 4) is 0 Å². The Morgan fingerprint density at radius 3 is 2.13 bits per heavy atom. The molecule has 1 aromatic rings. The van der Waals surface area contributed by atoms with Gasteiger partial charge in [0.15, 0.2) is 6.23 Å². The van der Waals surface area contributed by atoms with Crippen LogP contribution in [-0.4, -0.2) is 89.5 Å². The molecule has 7 nitrogen and oxygen atoms in total. The molecule has 0 bridgehead atoms. The number of aryl methyl sites for hydroxylation is 1. The van der Waals surface area contributed by atoms with Crippen LogP contribution in [0.1, 0.15) is 25.3 Å². The Morgan fingerprint density at radius 2 is 1.57 bits per heavy atom. The number of hydroxylamine groups is 2. The van der Waals surface area contributed by atoms with E-state index >= 15 is 0 Å². The van der Waals surface area contributed by atoms with Crippen molar-refractivity contribution in [1.82, 2.24) is 5.06 Å². The second kappa shape index (κ2) is 13.0. The number of hydrogen-bond donors (Lipinski definition) is 3. The first-order chi connectivity index (χ1) is 14.4. The van der Waals surface area contributed by atoms with E-state index < -0.39 is 30.6 Å². The number of ether oxygens (including phenoxy) is 1. The topological polar surface area (TPSA) is 85.6 Å². The summed E-state index contributed by atoms with van der Waals surface area (Å²) in [6.45, 7) is 3.72. The molecule has 9 heteroatoms. The van der Waals surface area contributed by atoms with Gasteiger partial charge < -0.3 is 25.0 Å². The standard InChI is InChI=1S/C21H34Cl2N2O5/c1-15-18(26)19(27)20(28)21(30-15)25(29-2)12-4-3-5-16-6-8-17(9-7-16)24(13-10-22)14-11-23/h6-9,15,18-21,26-28H,3-5,10-14H2,1-2H3/t15-,18+,19+,20-,21?/m1/s1. The minimum absolute atomic E-state index is 0.533. The van der Waals surface area contributed by atoms with Gasteiger partial charge in [0.1, 0.15) is 18.3 Å². The third-order valence-electron chi connectivity index (χ3n) is 5.45. The van der Waals surface area contributed by atoms with Gasteiger partial charge in [0, 0.05) is 37.1 Å². The van der Waals surface area contributed by atoms with Crippen LogP contribution in [-0.2, 0) is 16.0 Å². The van der Waals surface area contributed by atoms with Gasteiger partial charge in [0.05, 0.1) is 13.2 Å². The van der Waals surface area contributed by atoms with Crippen LogP contribution < -0.4 is 4.90 Å². The van der Waals surface area contributed by atoms with E-state index in [0.29, 0.717) is 18.3 Å². The van der Waals surface area contributed by atoms with Crippen molar-refractivity contribution in [1.29, 1.82) is 0 Å². The lowest BCUT2D eigenvalue weighted by Gasteiger charge is -2.43. The van der Waals surface area contributed by atoms with Gasteiger partial charge in [-0.2, -0.15) is 5.06 Å². The SMILES string of the molecule is CON(CCCCc1ccc(N(CCCl)CCCl)cc1)C1O[C@H](C)[C@H](O)[C@H](O)[C@H]1O. The Hall–Kier alpha value is -0.640. The second-order valence-electron chi connectivity index (χ2n) is 7.52. The molecule has 1 saturated heterocycles. The molecule has 0 aromatic heterocycles. The largest absolute Gasteiger partial charge is 0.388 e. The van der Waals surface area contributed by atoms with Crippen molar-refractivity contribution in [3.05, 3.63) is 29.8 Å². The number of halogens is 2. The normalized spacial score (nSPS) is 26.9. The zero-order valence-electron chi connectivity index (χ0n) is 17.7. The highest BCUT2D eigenvalue weighted by Crippen LogP contribution is 2.24. The Kier molecular flexibility index (Phi) is 11.1. The second-order valence-corrected chi connectivity index (χ2v) is 8.27. The summed E-state index contributed by atoms with van der Waals surface area (Å²) in [5.41, 5.74) is 2.35. The maximum absolute atomic E-state index is 10.2. The number of hydrogen-bond acceptors (Lipinski definition) is 7. The van der Waals surface area contributed by atoms with Gasteiger partial charge in [-0.25, -0.2) is 0 Å². The monoisotopic (exact) mass is 464 g/mol. The van der Waals surface area contributed by atoms with Crippen LogP contribution in [0.4, 0.5) is 5.69 Å². The lowest BCUT2D eigenvalue weighted by Crippen LogP contribution is -2.61. The van der Waals surface area contributed by atoms with E-state index in [1.165, 1.54) is 17.7 Å². The summed E-state index contributed by atoms with van der Waals surface area (Å²) in [6.07, 6.45) is -2.40. The molecule has 0 saturated carbocycles. The molecule has 1 fully saturated rings. The Labute approximate surface area is 189 Å². The zero-order valence-corrected chi connectivity index (χ0v) is 19.2. The third-order valence-corrected chi connectivity index (χ3v) is 5.79. The molecule has 1 heterocycles. The first-order valence-corrected chi connectivity index (χ1v) is 11.5. The fourth-order valence-corrected chi connectivity index (χ4v) is 4.04. The number of aliphatic hydroxyl groups excluding tert-OH is 3. The molecule has 1 aliphatic rings. The number of rotatable bonds is 12. The molecule has 5 atom stereocenters. The number of anilines is 1. The van der Waals surface area contributed by atoms with Crippen LogP contribution in [0.2, 0.25) is 0 Å². The number of aliphatic hydroxyl groups is 3. The van der Waals surface area contributed by atoms with Gasteiger partial charge in [-0.15, -0.1) is 23.2 Å². The Bertz CT molecular complexity index is 604. The molecule has 3 N–H and O–H groups in total. The van der Waals surface area contributed by atoms with Gasteiger partial charge in [0.25, 0.3) is 0 Å². The van der Waals surface area contributed by atoms with Gasteiger partial charge in [-0.1, -0.05) is 12.1 Å². The van der Waals surface area contributed by atoms with Gasteiger partial charge in [-0.05, 0) is 43.9 Å². The zero-order chi connectivity index (χ0) is 22.1. The molecule has 0 radical (unpaired) electrons. The summed E-state index contributed by atoms with van der Waals surface area (Å²) in [6, 6.07) is 8.42. The minimum Gasteiger partial charge on any atom is -0.388 e. The van der Waals surface area contributed by atoms with Crippen molar-refractivity contribution < 1.29 is 24.9 Å². The molecule has 1 unspecified atom stereocenters. The molecule has 0 spiro atoms. The number of alkyl halides is 2. The van der Waals surface area contributed by atoms with Crippen LogP contribution >= 0.6 is 23.2 Å². The van der Waals surface area contributed by atoms with Crippen molar-refractivity contribution in [2.75, 3.05) is 43.4 Å². The molecule has 172 valence electrons. The highest BCUT2D eigenvalue weighted by Gasteiger charge is 2.44. The molecule has 2 rings (SSSR count). The molecule has 30 heavy (non-hydrogen) atoms. The maximum atomic E-state index is 10.2. The molecular formula is C21H34Cl2N2O5. The number of benzene rings is 1. The smallest absolute Gasteiger partial charge is 0.161 e. The third kappa shape index (κ3) is 6.93. The molecule has 1 aromatic carbocycles. The lowest BCUT2D eigenvalue weighted by molar-refractivity contribution is -0.322. The molecule has 0 amide bonds. The first-order valence-electron chi connectivity index (χ1n) is 10.4. The number of nitrogens with zero attached hydrogens (tertiary/aromatic N) is 2. The molecule has 0 aliphatic carbocycles. The van der Waals surface area contributed by atoms with Crippen molar-refractivity contribution in [2.24, 2.45) is 0 Å². The van der Waals surface area contributed by atoms with Crippen molar-refractivity contribution in [2.45, 2.75) is 56.8 Å². The van der Waals surface area contributed by atoms with Crippen molar-refractivity contribution in [3.63, 3.8) is 0 Å². The van der Waals surface area contributed by atoms with E-state index in [2.05, 4.69) is 29.2 Å². The van der Waals surface area contributed by atoms with Gasteiger partial charge in [-0.3, -0.25) is 4.84 Å². The first kappa shape index (κ1) is 25.6. The van der Waals surface area contributed by atoms with E-state index in [9.17, 15) is 15.3 Å². The maximum Gasteiger partial charge on any atom is 0.161 e. The van der Waals surface area contributed by atoms with E-state index in [1.807, 2.05) is 0 Å². The highest BCUT2D eigenvalue weighted by molar-refractivity contribution is 6.18. The lowest BCUT2D eigenvalue weighted by atomic mass is 9.99. The number of unbranched alkanes of at least 4 members (excludes halogenated alkanes) is 1. The quantitative estimate of drug-likeness (QED) is 0.247. The van der Waals surface area contributed by atoms with E-state index in [0.717, 1.165) is 38.0 Å². The summed E-state index contributed by atoms with van der Waals surface area (Å²) < 4.78 is 5.64. The fourth-order valence-electron chi connectivity index (χ4n) is 3.63. The fraction of sp³-hybridized carbons (Fsp3) is 0.714. The Morgan fingerprint density at radius 1 is 0.933 bits per heavy atom. The van der Waals surface area contributed by atoms with Crippen molar-refractivity contribution >= 4 is 28.9 Å². The summed E-state index contributed by atoms with van der Waals surface area (Å²) in [4.78, 5) is 7.53. The van der Waals surface area contributed by atoms with Crippen LogP contribution in [0.15, 0.2) is 24.3 Å². The minimum atomic E-state index is -1.27. The summed E-state index contributed by atoms with van der Waals surface area (Å²) in [5, 5.41) is 31.6. The van der Waals surface area contributed by atoms with Crippen LogP contribution in [0.25, 0.3) is 0 Å². The summed E-state index contributed by atoms with van der Waals surface area (Å²) in [7, 11) is 1.50. The van der Waals surface area contributed by atoms with Crippen LogP contribution in [0.3, 0.4) is 0 Å². The average molecular weight is 465 g/mol.